The smallest absolute Gasteiger partial charge is 0.232 e. The predicted molar refractivity (Wildman–Crippen MR) is 114 cm³/mol. The van der Waals surface area contributed by atoms with E-state index in [1.807, 2.05) is 13.8 Å². The molecule has 152 valence electrons. The minimum absolute atomic E-state index is 0.177. The maximum atomic E-state index is 12.3. The summed E-state index contributed by atoms with van der Waals surface area (Å²) in [5.41, 5.74) is 2.03. The van der Waals surface area contributed by atoms with Gasteiger partial charge in [0.1, 0.15) is 5.75 Å². The summed E-state index contributed by atoms with van der Waals surface area (Å²) in [5, 5.41) is 3.44. The number of nitrogens with one attached hydrogen (secondary N) is 1. The molecule has 2 aromatic rings. The quantitative estimate of drug-likeness (QED) is 0.653. The molecule has 0 spiro atoms. The van der Waals surface area contributed by atoms with Crippen LogP contribution in [0, 0.1) is 6.92 Å². The zero-order chi connectivity index (χ0) is 20.7. The molecule has 0 aliphatic heterocycles. The van der Waals surface area contributed by atoms with Crippen molar-refractivity contribution in [2.24, 2.45) is 0 Å². The summed E-state index contributed by atoms with van der Waals surface area (Å²) >= 11 is 5.92. The molecule has 0 aliphatic rings. The Morgan fingerprint density at radius 2 is 1.93 bits per heavy atom. The van der Waals surface area contributed by atoms with Gasteiger partial charge in [0.25, 0.3) is 0 Å². The highest BCUT2D eigenvalue weighted by Gasteiger charge is 2.21. The average molecular weight is 425 g/mol. The van der Waals surface area contributed by atoms with Gasteiger partial charge in [-0.25, -0.2) is 8.42 Å². The molecule has 0 saturated carbocycles. The first kappa shape index (κ1) is 22.0. The second-order valence-electron chi connectivity index (χ2n) is 6.35. The molecule has 0 atom stereocenters. The van der Waals surface area contributed by atoms with Gasteiger partial charge in [-0.2, -0.15) is 0 Å². The standard InChI is InChI=1S/C20H25ClN2O4S/c1-4-27-19-9-6-5-8-18(19)23(28(3,25)26)13-7-10-20(24)22-17-12-11-16(21)14-15(17)2/h5-6,8-9,11-12,14H,4,7,10,13H2,1-3H3,(H,22,24). The van der Waals surface area contributed by atoms with Gasteiger partial charge in [-0.1, -0.05) is 23.7 Å². The number of nitrogens with zero attached hydrogens (tertiary/aromatic N) is 1. The molecule has 0 aliphatic carbocycles. The molecule has 1 amide bonds. The maximum absolute atomic E-state index is 12.3. The minimum atomic E-state index is -3.52. The second-order valence-corrected chi connectivity index (χ2v) is 8.69. The van der Waals surface area contributed by atoms with E-state index in [0.717, 1.165) is 11.8 Å². The fourth-order valence-corrected chi connectivity index (χ4v) is 3.96. The number of aryl methyl sites for hydroxylation is 1. The molecule has 28 heavy (non-hydrogen) atoms. The summed E-state index contributed by atoms with van der Waals surface area (Å²) in [7, 11) is -3.52. The van der Waals surface area contributed by atoms with Crippen molar-refractivity contribution < 1.29 is 17.9 Å². The van der Waals surface area contributed by atoms with Crippen LogP contribution in [-0.4, -0.2) is 33.7 Å². The number of amides is 1. The third-order valence-electron chi connectivity index (χ3n) is 4.06. The van der Waals surface area contributed by atoms with E-state index in [4.69, 9.17) is 16.3 Å². The lowest BCUT2D eigenvalue weighted by Crippen LogP contribution is -2.32. The summed E-state index contributed by atoms with van der Waals surface area (Å²) in [4.78, 5) is 12.2. The van der Waals surface area contributed by atoms with Crippen LogP contribution in [0.5, 0.6) is 5.75 Å². The van der Waals surface area contributed by atoms with Crippen LogP contribution in [0.2, 0.25) is 5.02 Å². The number of halogens is 1. The molecule has 8 heteroatoms. The van der Waals surface area contributed by atoms with Gasteiger partial charge < -0.3 is 10.1 Å². The number of para-hydroxylation sites is 2. The van der Waals surface area contributed by atoms with Crippen molar-refractivity contribution in [3.05, 3.63) is 53.1 Å². The van der Waals surface area contributed by atoms with E-state index in [-0.39, 0.29) is 18.9 Å². The van der Waals surface area contributed by atoms with Gasteiger partial charge in [0.15, 0.2) is 0 Å². The van der Waals surface area contributed by atoms with Gasteiger partial charge in [0, 0.05) is 23.7 Å². The molecule has 0 heterocycles. The lowest BCUT2D eigenvalue weighted by Gasteiger charge is -2.24. The number of benzene rings is 2. The van der Waals surface area contributed by atoms with E-state index in [2.05, 4.69) is 5.32 Å². The topological polar surface area (TPSA) is 75.7 Å². The van der Waals surface area contributed by atoms with Gasteiger partial charge in [-0.3, -0.25) is 9.10 Å². The van der Waals surface area contributed by atoms with Crippen LogP contribution >= 0.6 is 11.6 Å². The number of carbonyl (C=O) groups excluding carboxylic acids is 1. The van der Waals surface area contributed by atoms with E-state index in [1.54, 1.807) is 42.5 Å². The molecule has 0 saturated heterocycles. The van der Waals surface area contributed by atoms with Crippen LogP contribution in [0.1, 0.15) is 25.3 Å². The third kappa shape index (κ3) is 6.14. The SMILES string of the molecule is CCOc1ccccc1N(CCCC(=O)Nc1ccc(Cl)cc1C)S(C)(=O)=O. The fraction of sp³-hybridized carbons (Fsp3) is 0.350. The first-order valence-corrected chi connectivity index (χ1v) is 11.2. The maximum Gasteiger partial charge on any atom is 0.232 e. The average Bonchev–Trinajstić information content (AvgIpc) is 2.61. The van der Waals surface area contributed by atoms with E-state index in [0.29, 0.717) is 35.2 Å². The Labute approximate surface area is 171 Å². The van der Waals surface area contributed by atoms with Crippen LogP contribution in [0.3, 0.4) is 0 Å². The van der Waals surface area contributed by atoms with Gasteiger partial charge in [0.2, 0.25) is 15.9 Å². The number of rotatable bonds is 9. The van der Waals surface area contributed by atoms with Crippen LogP contribution in [0.25, 0.3) is 0 Å². The summed E-state index contributed by atoms with van der Waals surface area (Å²) in [6, 6.07) is 12.2. The molecule has 0 aromatic heterocycles. The summed E-state index contributed by atoms with van der Waals surface area (Å²) < 4.78 is 31.4. The number of hydrogen-bond acceptors (Lipinski definition) is 4. The Hall–Kier alpha value is -2.25. The Morgan fingerprint density at radius 1 is 1.21 bits per heavy atom. The molecule has 6 nitrogen and oxygen atoms in total. The van der Waals surface area contributed by atoms with Crippen molar-refractivity contribution >= 4 is 38.9 Å². The molecule has 0 unspecified atom stereocenters. The largest absolute Gasteiger partial charge is 0.492 e. The molecule has 0 bridgehead atoms. The predicted octanol–water partition coefficient (Wildman–Crippen LogP) is 4.23. The molecular weight excluding hydrogens is 400 g/mol. The van der Waals surface area contributed by atoms with E-state index < -0.39 is 10.0 Å². The van der Waals surface area contributed by atoms with Crippen LogP contribution in [0.4, 0.5) is 11.4 Å². The first-order chi connectivity index (χ1) is 13.2. The molecule has 0 fully saturated rings. The molecular formula is C20H25ClN2O4S. The number of carbonyl (C=O) groups is 1. The molecule has 1 N–H and O–H groups in total. The first-order valence-electron chi connectivity index (χ1n) is 8.98. The van der Waals surface area contributed by atoms with Crippen molar-refractivity contribution in [3.8, 4) is 5.75 Å². The normalized spacial score (nSPS) is 11.1. The van der Waals surface area contributed by atoms with Crippen molar-refractivity contribution in [2.45, 2.75) is 26.7 Å². The van der Waals surface area contributed by atoms with Gasteiger partial charge in [-0.15, -0.1) is 0 Å². The van der Waals surface area contributed by atoms with Crippen LogP contribution < -0.4 is 14.4 Å². The molecule has 2 rings (SSSR count). The summed E-state index contributed by atoms with van der Waals surface area (Å²) in [6.07, 6.45) is 1.70. The lowest BCUT2D eigenvalue weighted by molar-refractivity contribution is -0.116. The summed E-state index contributed by atoms with van der Waals surface area (Å²) in [6.45, 7) is 4.30. The lowest BCUT2D eigenvalue weighted by atomic mass is 10.2. The van der Waals surface area contributed by atoms with Crippen molar-refractivity contribution in [2.75, 3.05) is 29.0 Å². The number of ether oxygens (including phenoxy) is 1. The Morgan fingerprint density at radius 3 is 2.57 bits per heavy atom. The van der Waals surface area contributed by atoms with Gasteiger partial charge in [0.05, 0.1) is 18.6 Å². The zero-order valence-electron chi connectivity index (χ0n) is 16.2. The van der Waals surface area contributed by atoms with Gasteiger partial charge in [-0.05, 0) is 56.2 Å². The number of hydrogen-bond donors (Lipinski definition) is 1. The number of sulfonamides is 1. The summed E-state index contributed by atoms with van der Waals surface area (Å²) in [5.74, 6) is 0.314. The Kier molecular flexibility index (Phi) is 7.71. The van der Waals surface area contributed by atoms with E-state index in [9.17, 15) is 13.2 Å². The van der Waals surface area contributed by atoms with Crippen LogP contribution in [0.15, 0.2) is 42.5 Å². The minimum Gasteiger partial charge on any atom is -0.492 e. The second kappa shape index (κ2) is 9.80. The van der Waals surface area contributed by atoms with Gasteiger partial charge >= 0.3 is 0 Å². The van der Waals surface area contributed by atoms with E-state index in [1.165, 1.54) is 4.31 Å². The Bertz CT molecular complexity index is 932. The van der Waals surface area contributed by atoms with Crippen molar-refractivity contribution in [3.63, 3.8) is 0 Å². The fourth-order valence-electron chi connectivity index (χ4n) is 2.77. The molecule has 2 aromatic carbocycles. The monoisotopic (exact) mass is 424 g/mol. The zero-order valence-corrected chi connectivity index (χ0v) is 17.8. The van der Waals surface area contributed by atoms with Crippen molar-refractivity contribution in [1.82, 2.24) is 0 Å². The molecule has 0 radical (unpaired) electrons. The third-order valence-corrected chi connectivity index (χ3v) is 5.48. The Balaban J connectivity index is 2.04. The highest BCUT2D eigenvalue weighted by molar-refractivity contribution is 7.92. The van der Waals surface area contributed by atoms with Crippen molar-refractivity contribution in [1.29, 1.82) is 0 Å². The van der Waals surface area contributed by atoms with Crippen LogP contribution in [-0.2, 0) is 14.8 Å². The highest BCUT2D eigenvalue weighted by atomic mass is 35.5. The number of anilines is 2. The highest BCUT2D eigenvalue weighted by Crippen LogP contribution is 2.30. The van der Waals surface area contributed by atoms with E-state index >= 15 is 0 Å².